The first-order valence-electron chi connectivity index (χ1n) is 5.48. The summed E-state index contributed by atoms with van der Waals surface area (Å²) in [6, 6.07) is -0.283. The van der Waals surface area contributed by atoms with Gasteiger partial charge in [0, 0.05) is 24.6 Å². The number of amides is 2. The molecular formula is C9H16N6OS. The fraction of sp³-hybridized carbons (Fsp3) is 0.667. The molecule has 1 saturated heterocycles. The lowest BCUT2D eigenvalue weighted by molar-refractivity contribution is 0.199. The second-order valence-electron chi connectivity index (χ2n) is 3.85. The van der Waals surface area contributed by atoms with Gasteiger partial charge in [0.05, 0.1) is 6.04 Å². The van der Waals surface area contributed by atoms with Crippen molar-refractivity contribution in [3.05, 3.63) is 5.82 Å². The van der Waals surface area contributed by atoms with Gasteiger partial charge in [-0.3, -0.25) is 5.10 Å². The second kappa shape index (κ2) is 5.26. The highest BCUT2D eigenvalue weighted by Crippen LogP contribution is 2.11. The van der Waals surface area contributed by atoms with Crippen LogP contribution in [0.15, 0.2) is 0 Å². The van der Waals surface area contributed by atoms with Gasteiger partial charge in [0.2, 0.25) is 5.95 Å². The quantitative estimate of drug-likeness (QED) is 0.702. The average Bonchev–Trinajstić information content (AvgIpc) is 2.77. The summed E-state index contributed by atoms with van der Waals surface area (Å²) in [6.07, 6.45) is 0. The fourth-order valence-electron chi connectivity index (χ4n) is 1.59. The van der Waals surface area contributed by atoms with Gasteiger partial charge in [-0.1, -0.05) is 0 Å². The summed E-state index contributed by atoms with van der Waals surface area (Å²) < 4.78 is 0. The Labute approximate surface area is 104 Å². The number of nitrogen functional groups attached to an aromatic ring is 1. The van der Waals surface area contributed by atoms with Gasteiger partial charge >= 0.3 is 6.03 Å². The van der Waals surface area contributed by atoms with E-state index in [1.54, 1.807) is 0 Å². The standard InChI is InChI=1S/C9H16N6OS/c1-6(7-12-8(10)14-13-7)11-9(16)15-2-4-17-5-3-15/h6H,2-5H2,1H3,(H,11,16)(H3,10,12,13,14)/t6-/m1/s1. The molecule has 1 atom stereocenters. The number of thioether (sulfide) groups is 1. The molecule has 0 aliphatic carbocycles. The minimum absolute atomic E-state index is 0.0622. The maximum Gasteiger partial charge on any atom is 0.318 e. The smallest absolute Gasteiger partial charge is 0.318 e. The summed E-state index contributed by atoms with van der Waals surface area (Å²) in [5.41, 5.74) is 5.41. The van der Waals surface area contributed by atoms with Crippen LogP contribution in [-0.4, -0.2) is 50.7 Å². The van der Waals surface area contributed by atoms with Crippen LogP contribution in [0.3, 0.4) is 0 Å². The molecular weight excluding hydrogens is 240 g/mol. The van der Waals surface area contributed by atoms with Crippen molar-refractivity contribution >= 4 is 23.7 Å². The maximum atomic E-state index is 11.9. The van der Waals surface area contributed by atoms with Crippen molar-refractivity contribution in [1.82, 2.24) is 25.4 Å². The number of H-pyrrole nitrogens is 1. The number of carbonyl (C=O) groups is 1. The van der Waals surface area contributed by atoms with E-state index in [1.807, 2.05) is 23.6 Å². The van der Waals surface area contributed by atoms with Gasteiger partial charge in [-0.2, -0.15) is 16.7 Å². The molecule has 0 radical (unpaired) electrons. The average molecular weight is 256 g/mol. The Morgan fingerprint density at radius 3 is 2.88 bits per heavy atom. The van der Waals surface area contributed by atoms with Gasteiger partial charge in [-0.15, -0.1) is 5.10 Å². The van der Waals surface area contributed by atoms with Gasteiger partial charge in [-0.05, 0) is 6.92 Å². The predicted molar refractivity (Wildman–Crippen MR) is 66.6 cm³/mol. The van der Waals surface area contributed by atoms with Crippen LogP contribution in [0.1, 0.15) is 18.8 Å². The van der Waals surface area contributed by atoms with E-state index < -0.39 is 0 Å². The molecule has 0 spiro atoms. The number of aromatic amines is 1. The third-order valence-electron chi connectivity index (χ3n) is 2.57. The van der Waals surface area contributed by atoms with Crippen molar-refractivity contribution in [2.45, 2.75) is 13.0 Å². The van der Waals surface area contributed by atoms with E-state index in [1.165, 1.54) is 0 Å². The zero-order valence-corrected chi connectivity index (χ0v) is 10.5. The van der Waals surface area contributed by atoms with Crippen LogP contribution in [-0.2, 0) is 0 Å². The number of urea groups is 1. The Balaban J connectivity index is 1.89. The highest BCUT2D eigenvalue weighted by atomic mass is 32.2. The van der Waals surface area contributed by atoms with Crippen molar-refractivity contribution in [3.63, 3.8) is 0 Å². The summed E-state index contributed by atoms with van der Waals surface area (Å²) in [4.78, 5) is 17.7. The summed E-state index contributed by atoms with van der Waals surface area (Å²) in [5.74, 6) is 2.76. The number of nitrogens with zero attached hydrogens (tertiary/aromatic N) is 3. The molecule has 0 unspecified atom stereocenters. The molecule has 2 heterocycles. The lowest BCUT2D eigenvalue weighted by Gasteiger charge is -2.27. The van der Waals surface area contributed by atoms with Crippen LogP contribution in [0.5, 0.6) is 0 Å². The lowest BCUT2D eigenvalue weighted by Crippen LogP contribution is -2.45. The topological polar surface area (TPSA) is 99.9 Å². The van der Waals surface area contributed by atoms with E-state index in [9.17, 15) is 4.79 Å². The number of anilines is 1. The predicted octanol–water partition coefficient (Wildman–Crippen LogP) is 0.206. The Kier molecular flexibility index (Phi) is 3.72. The summed E-state index contributed by atoms with van der Waals surface area (Å²) >= 11 is 1.87. The first kappa shape index (κ1) is 12.0. The van der Waals surface area contributed by atoms with E-state index in [2.05, 4.69) is 20.5 Å². The highest BCUT2D eigenvalue weighted by Gasteiger charge is 2.20. The lowest BCUT2D eigenvalue weighted by atomic mass is 10.3. The van der Waals surface area contributed by atoms with Gasteiger partial charge in [0.25, 0.3) is 0 Å². The number of carbonyl (C=O) groups excluding carboxylic acids is 1. The van der Waals surface area contributed by atoms with Crippen molar-refractivity contribution in [2.24, 2.45) is 0 Å². The molecule has 0 saturated carbocycles. The summed E-state index contributed by atoms with van der Waals surface area (Å²) in [6.45, 7) is 3.43. The zero-order valence-electron chi connectivity index (χ0n) is 9.64. The highest BCUT2D eigenvalue weighted by molar-refractivity contribution is 7.99. The molecule has 1 fully saturated rings. The number of nitrogens with two attached hydrogens (primary N) is 1. The van der Waals surface area contributed by atoms with Crippen molar-refractivity contribution < 1.29 is 4.79 Å². The Hall–Kier alpha value is -1.44. The van der Waals surface area contributed by atoms with Crippen LogP contribution >= 0.6 is 11.8 Å². The Bertz CT molecular complexity index is 389. The molecule has 8 heteroatoms. The maximum absolute atomic E-state index is 11.9. The molecule has 1 aliphatic rings. The van der Waals surface area contributed by atoms with E-state index in [0.29, 0.717) is 5.82 Å². The molecule has 2 amide bonds. The minimum atomic E-state index is -0.220. The molecule has 2 rings (SSSR count). The van der Waals surface area contributed by atoms with Crippen molar-refractivity contribution in [2.75, 3.05) is 30.3 Å². The van der Waals surface area contributed by atoms with Gasteiger partial charge in [0.15, 0.2) is 0 Å². The molecule has 0 aromatic carbocycles. The number of rotatable bonds is 2. The normalized spacial score (nSPS) is 17.8. The summed E-state index contributed by atoms with van der Waals surface area (Å²) in [7, 11) is 0. The SMILES string of the molecule is C[C@@H](NC(=O)N1CCSCC1)c1nc(N)n[nH]1. The van der Waals surface area contributed by atoms with Gasteiger partial charge < -0.3 is 16.0 Å². The molecule has 0 bridgehead atoms. The van der Waals surface area contributed by atoms with Crippen molar-refractivity contribution in [3.8, 4) is 0 Å². The van der Waals surface area contributed by atoms with Gasteiger partial charge in [0.1, 0.15) is 5.82 Å². The molecule has 1 aromatic heterocycles. The first-order valence-corrected chi connectivity index (χ1v) is 6.63. The molecule has 1 aromatic rings. The second-order valence-corrected chi connectivity index (χ2v) is 5.07. The van der Waals surface area contributed by atoms with Crippen molar-refractivity contribution in [1.29, 1.82) is 0 Å². The van der Waals surface area contributed by atoms with Gasteiger partial charge in [-0.25, -0.2) is 4.79 Å². The molecule has 7 nitrogen and oxygen atoms in total. The third-order valence-corrected chi connectivity index (χ3v) is 3.51. The van der Waals surface area contributed by atoms with E-state index in [4.69, 9.17) is 5.73 Å². The number of nitrogens with one attached hydrogen (secondary N) is 2. The van der Waals surface area contributed by atoms with Crippen LogP contribution in [0.2, 0.25) is 0 Å². The zero-order chi connectivity index (χ0) is 12.3. The van der Waals surface area contributed by atoms with E-state index in [0.717, 1.165) is 24.6 Å². The Morgan fingerprint density at radius 2 is 2.29 bits per heavy atom. The number of aromatic nitrogens is 3. The van der Waals surface area contributed by atoms with E-state index >= 15 is 0 Å². The van der Waals surface area contributed by atoms with Crippen LogP contribution in [0, 0.1) is 0 Å². The molecule has 94 valence electrons. The third kappa shape index (κ3) is 3.02. The van der Waals surface area contributed by atoms with Crippen LogP contribution in [0.4, 0.5) is 10.7 Å². The first-order chi connectivity index (χ1) is 8.16. The van der Waals surface area contributed by atoms with Crippen LogP contribution in [0.25, 0.3) is 0 Å². The molecule has 17 heavy (non-hydrogen) atoms. The summed E-state index contributed by atoms with van der Waals surface area (Å²) in [5, 5.41) is 9.29. The largest absolute Gasteiger partial charge is 0.367 e. The number of hydrogen-bond acceptors (Lipinski definition) is 5. The monoisotopic (exact) mass is 256 g/mol. The van der Waals surface area contributed by atoms with Crippen LogP contribution < -0.4 is 11.1 Å². The fourth-order valence-corrected chi connectivity index (χ4v) is 2.50. The number of hydrogen-bond donors (Lipinski definition) is 3. The molecule has 4 N–H and O–H groups in total. The van der Waals surface area contributed by atoms with E-state index in [-0.39, 0.29) is 18.0 Å². The minimum Gasteiger partial charge on any atom is -0.367 e. The Morgan fingerprint density at radius 1 is 1.59 bits per heavy atom. The molecule has 1 aliphatic heterocycles.